The van der Waals surface area contributed by atoms with E-state index in [4.69, 9.17) is 0 Å². The first-order valence-electron chi connectivity index (χ1n) is 41.3. The van der Waals surface area contributed by atoms with E-state index in [0.29, 0.717) is 0 Å². The van der Waals surface area contributed by atoms with Crippen molar-refractivity contribution in [3.05, 3.63) is 314 Å². The Hall–Kier alpha value is -10.4. The molecular formula is C109H116N3+3. The molecule has 0 saturated heterocycles. The van der Waals surface area contributed by atoms with Gasteiger partial charge < -0.3 is 0 Å². The van der Waals surface area contributed by atoms with Gasteiger partial charge in [-0.2, -0.15) is 0 Å². The first-order chi connectivity index (χ1) is 53.1. The van der Waals surface area contributed by atoms with Crippen LogP contribution in [0.15, 0.2) is 231 Å². The first-order valence-corrected chi connectivity index (χ1v) is 41.3. The molecule has 1 saturated carbocycles. The van der Waals surface area contributed by atoms with Gasteiger partial charge in [0.05, 0.1) is 5.56 Å². The van der Waals surface area contributed by atoms with E-state index in [0.717, 1.165) is 5.92 Å². The molecule has 4 aliphatic carbocycles. The van der Waals surface area contributed by atoms with E-state index in [1.54, 1.807) is 5.56 Å². The van der Waals surface area contributed by atoms with Gasteiger partial charge in [-0.05, 0) is 287 Å². The van der Waals surface area contributed by atoms with E-state index >= 15 is 0 Å². The monoisotopic (exact) mass is 1470 g/mol. The van der Waals surface area contributed by atoms with Crippen LogP contribution < -0.4 is 13.7 Å². The maximum atomic E-state index is 2.49. The predicted molar refractivity (Wildman–Crippen MR) is 476 cm³/mol. The van der Waals surface area contributed by atoms with Crippen molar-refractivity contribution in [2.75, 3.05) is 0 Å². The minimum atomic E-state index is -0.0443. The first kappa shape index (κ1) is 75.7. The average molecular weight is 1470 g/mol. The molecule has 3 nitrogen and oxygen atoms in total. The summed E-state index contributed by atoms with van der Waals surface area (Å²) in [5, 5.41) is 7.99. The van der Waals surface area contributed by atoms with Gasteiger partial charge in [0.15, 0.2) is 18.6 Å². The molecule has 1 fully saturated rings. The third-order valence-electron chi connectivity index (χ3n) is 29.3. The molecule has 14 aromatic rings. The van der Waals surface area contributed by atoms with Crippen LogP contribution in [0.5, 0.6) is 0 Å². The highest BCUT2D eigenvalue weighted by Gasteiger charge is 2.50. The molecule has 3 aromatic heterocycles. The summed E-state index contributed by atoms with van der Waals surface area (Å²) >= 11 is 0. The minimum absolute atomic E-state index is 0.00234. The van der Waals surface area contributed by atoms with Gasteiger partial charge in [0, 0.05) is 51.4 Å². The maximum Gasteiger partial charge on any atom is 0.213 e. The Kier molecular flexibility index (Phi) is 18.6. The zero-order valence-corrected chi connectivity index (χ0v) is 71.2. The fourth-order valence-electron chi connectivity index (χ4n) is 20.3. The molecule has 0 atom stereocenters. The van der Waals surface area contributed by atoms with Crippen LogP contribution in [0.4, 0.5) is 0 Å². The number of benzene rings is 11. The Morgan fingerprint density at radius 1 is 0.268 bits per heavy atom. The van der Waals surface area contributed by atoms with Gasteiger partial charge in [0.1, 0.15) is 21.1 Å². The van der Waals surface area contributed by atoms with E-state index in [1.807, 2.05) is 0 Å². The number of aryl methyl sites for hydroxylation is 11. The zero-order chi connectivity index (χ0) is 79.4. The van der Waals surface area contributed by atoms with Crippen molar-refractivity contribution in [1.82, 2.24) is 0 Å². The molecule has 18 rings (SSSR count). The molecule has 0 radical (unpaired) electrons. The summed E-state index contributed by atoms with van der Waals surface area (Å²) in [5.41, 5.74) is 42.2. The summed E-state index contributed by atoms with van der Waals surface area (Å²) in [6, 6.07) is 80.3. The van der Waals surface area contributed by atoms with Crippen molar-refractivity contribution in [2.45, 2.75) is 203 Å². The highest BCUT2D eigenvalue weighted by molar-refractivity contribution is 5.99. The third-order valence-corrected chi connectivity index (χ3v) is 29.3. The number of aromatic nitrogens is 3. The molecule has 0 amide bonds. The maximum absolute atomic E-state index is 2.49. The van der Waals surface area contributed by atoms with Gasteiger partial charge in [-0.1, -0.05) is 259 Å². The Bertz CT molecular complexity index is 6190. The van der Waals surface area contributed by atoms with Crippen LogP contribution in [0.25, 0.3) is 122 Å². The SMILES string of the molecule is Cc1cc(-c2c(C)ccc3c2-c2cc4ccccc4cc2C(C)(C)C3(C)C)[n+](C)cc1C1CCCC1.Cc1ccc(-c2c[n+](C)c(-c3cc4c(cc3C)-c3ccc5ccccc5c3C(C)(C)C4(C)C)cc2C)cc1.Cc1ccccc1-c1c[n+](C)c(-c2cc3c(cc2C)-c2cc4ccccc4cc2C(C)(C)C3(C)C)cc1C. The van der Waals surface area contributed by atoms with E-state index in [9.17, 15) is 0 Å². The molecule has 0 N–H and O–H groups in total. The van der Waals surface area contributed by atoms with Gasteiger partial charge in [0.2, 0.25) is 17.1 Å². The Morgan fingerprint density at radius 2 is 0.696 bits per heavy atom. The summed E-state index contributed by atoms with van der Waals surface area (Å²) in [7, 11) is 6.62. The van der Waals surface area contributed by atoms with E-state index in [-0.39, 0.29) is 32.5 Å². The molecule has 3 heterocycles. The molecule has 4 aliphatic rings. The summed E-state index contributed by atoms with van der Waals surface area (Å²) in [6.45, 7) is 47.2. The number of hydrogen-bond donors (Lipinski definition) is 0. The Labute approximate surface area is 669 Å². The summed E-state index contributed by atoms with van der Waals surface area (Å²) in [6.07, 6.45) is 12.5. The molecule has 0 spiro atoms. The van der Waals surface area contributed by atoms with Crippen LogP contribution in [0, 0.1) is 55.4 Å². The summed E-state index contributed by atoms with van der Waals surface area (Å²) in [5.74, 6) is 0.725. The molecule has 3 heteroatoms. The van der Waals surface area contributed by atoms with Gasteiger partial charge in [-0.3, -0.25) is 0 Å². The van der Waals surface area contributed by atoms with Crippen molar-refractivity contribution in [3.8, 4) is 89.4 Å². The van der Waals surface area contributed by atoms with Gasteiger partial charge in [-0.15, -0.1) is 0 Å². The van der Waals surface area contributed by atoms with Crippen LogP contribution in [0.1, 0.15) is 198 Å². The van der Waals surface area contributed by atoms with Crippen LogP contribution in [0.2, 0.25) is 0 Å². The van der Waals surface area contributed by atoms with E-state index in [1.165, 1.54) is 225 Å². The second-order valence-electron chi connectivity index (χ2n) is 37.4. The highest BCUT2D eigenvalue weighted by Crippen LogP contribution is 2.60. The lowest BCUT2D eigenvalue weighted by atomic mass is 9.54. The number of nitrogens with zero attached hydrogens (tertiary/aromatic N) is 3. The van der Waals surface area contributed by atoms with Gasteiger partial charge in [-0.25, -0.2) is 13.7 Å². The number of pyridine rings is 3. The van der Waals surface area contributed by atoms with Crippen LogP contribution in [-0.4, -0.2) is 0 Å². The standard InChI is InChI=1S/2C37H38N.C35H40N/c1-23-13-9-12-16-28(23)32-22-38(8)35(18-25(32)3)29-21-34-30(17-24(29)2)31-19-26-14-10-11-15-27(26)20-33(31)36(4,5)37(34,6)7;1-23-13-15-27(16-14-23)32-22-38(8)34(20-25(32)3)30-21-33-31(19-24(30)2)29-18-17-26-11-9-10-12-28(26)35(29)37(6,7)36(33,4)5;1-22-16-17-29-33(32(22)31-18-23(2)28(21-36(31)7)24-12-8-9-13-24)27-19-25-14-10-11-15-26(25)20-30(27)35(5,6)34(29,3)4/h2*9-22H,1-8H3;10-11,14-21,24H,8-9,12-13H2,1-7H3/q3*+1. The van der Waals surface area contributed by atoms with Crippen molar-refractivity contribution in [1.29, 1.82) is 0 Å². The van der Waals surface area contributed by atoms with E-state index < -0.39 is 0 Å². The predicted octanol–water partition coefficient (Wildman–Crippen LogP) is 27.2. The summed E-state index contributed by atoms with van der Waals surface area (Å²) < 4.78 is 7.03. The molecule has 0 bridgehead atoms. The van der Waals surface area contributed by atoms with Gasteiger partial charge >= 0.3 is 0 Å². The van der Waals surface area contributed by atoms with Crippen molar-refractivity contribution in [2.24, 2.45) is 21.1 Å². The lowest BCUT2D eigenvalue weighted by molar-refractivity contribution is -0.661. The van der Waals surface area contributed by atoms with Crippen LogP contribution in [-0.2, 0) is 53.6 Å². The van der Waals surface area contributed by atoms with Crippen molar-refractivity contribution in [3.63, 3.8) is 0 Å². The Balaban J connectivity index is 0.000000127. The zero-order valence-electron chi connectivity index (χ0n) is 71.2. The Morgan fingerprint density at radius 3 is 1.27 bits per heavy atom. The second-order valence-corrected chi connectivity index (χ2v) is 37.4. The lowest BCUT2D eigenvalue weighted by Gasteiger charge is -2.49. The third kappa shape index (κ3) is 12.1. The molecule has 0 aliphatic heterocycles. The fourth-order valence-corrected chi connectivity index (χ4v) is 20.3. The van der Waals surface area contributed by atoms with Crippen LogP contribution >= 0.6 is 0 Å². The summed E-state index contributed by atoms with van der Waals surface area (Å²) in [4.78, 5) is 0. The minimum Gasteiger partial charge on any atom is -0.201 e. The molecule has 11 aromatic carbocycles. The second kappa shape index (κ2) is 27.5. The highest BCUT2D eigenvalue weighted by atomic mass is 14.9. The topological polar surface area (TPSA) is 11.6 Å². The molecular weight excluding hydrogens is 1350 g/mol. The number of fused-ring (bicyclic) bond motifs is 13. The fraction of sp³-hybridized carbons (Fsp3) is 0.312. The largest absolute Gasteiger partial charge is 0.213 e. The molecule has 112 heavy (non-hydrogen) atoms. The van der Waals surface area contributed by atoms with Crippen LogP contribution in [0.3, 0.4) is 0 Å². The van der Waals surface area contributed by atoms with Crippen molar-refractivity contribution >= 4 is 32.3 Å². The normalized spacial score (nSPS) is 16.2. The van der Waals surface area contributed by atoms with Crippen molar-refractivity contribution < 1.29 is 13.7 Å². The van der Waals surface area contributed by atoms with Gasteiger partial charge in [0.25, 0.3) is 0 Å². The number of hydrogen-bond acceptors (Lipinski definition) is 0. The molecule has 0 unspecified atom stereocenters. The van der Waals surface area contributed by atoms with E-state index in [2.05, 4.69) is 404 Å². The smallest absolute Gasteiger partial charge is 0.201 e. The average Bonchev–Trinajstić information content (AvgIpc) is 0.744. The lowest BCUT2D eigenvalue weighted by Crippen LogP contribution is -2.44. The number of rotatable bonds is 6. The quantitative estimate of drug-likeness (QED) is 0.147. The molecule has 564 valence electrons.